The van der Waals surface area contributed by atoms with E-state index in [1.54, 1.807) is 6.07 Å². The third-order valence-electron chi connectivity index (χ3n) is 7.50. The predicted molar refractivity (Wildman–Crippen MR) is 163 cm³/mol. The molecule has 3 N–H and O–H groups in total. The quantitative estimate of drug-likeness (QED) is 0.269. The van der Waals surface area contributed by atoms with Gasteiger partial charge in [0.1, 0.15) is 5.69 Å². The third-order valence-corrected chi connectivity index (χ3v) is 7.50. The van der Waals surface area contributed by atoms with Crippen LogP contribution in [0.25, 0.3) is 0 Å². The van der Waals surface area contributed by atoms with Crippen molar-refractivity contribution in [1.29, 1.82) is 0 Å². The van der Waals surface area contributed by atoms with Crippen molar-refractivity contribution in [3.63, 3.8) is 0 Å². The Morgan fingerprint density at radius 2 is 0.978 bits per heavy atom. The van der Waals surface area contributed by atoms with Crippen LogP contribution in [0.4, 0.5) is 0 Å². The molecule has 45 heavy (non-hydrogen) atoms. The smallest absolute Gasteiger partial charge is 0.269 e. The molecule has 240 valence electrons. The van der Waals surface area contributed by atoms with Gasteiger partial charge < -0.3 is 30.9 Å². The minimum atomic E-state index is -1.31. The Labute approximate surface area is 263 Å². The number of rotatable bonds is 11. The second-order valence-electron chi connectivity index (χ2n) is 11.5. The number of carbonyl (C=O) groups excluding carboxylic acids is 3. The second-order valence-corrected chi connectivity index (χ2v) is 11.5. The zero-order valence-corrected chi connectivity index (χ0v) is 26.0. The molecule has 4 rings (SSSR count). The molecule has 0 unspecified atom stereocenters. The molecule has 0 radical (unpaired) electrons. The van der Waals surface area contributed by atoms with Crippen LogP contribution in [0, 0.1) is 20.8 Å². The van der Waals surface area contributed by atoms with Crippen molar-refractivity contribution in [2.24, 2.45) is 5.73 Å². The van der Waals surface area contributed by atoms with E-state index in [4.69, 9.17) is 5.73 Å². The van der Waals surface area contributed by atoms with Crippen molar-refractivity contribution < 1.29 is 24.6 Å². The minimum absolute atomic E-state index is 0.0939. The van der Waals surface area contributed by atoms with Crippen molar-refractivity contribution in [2.75, 3.05) is 52.4 Å². The van der Waals surface area contributed by atoms with Crippen LogP contribution in [0.1, 0.15) is 65.2 Å². The Kier molecular flexibility index (Phi) is 11.7. The number of aromatic carboxylic acids is 2. The molecule has 0 spiro atoms. The van der Waals surface area contributed by atoms with Gasteiger partial charge >= 0.3 is 0 Å². The van der Waals surface area contributed by atoms with E-state index in [1.165, 1.54) is 12.1 Å². The molecular weight excluding hydrogens is 576 g/mol. The summed E-state index contributed by atoms with van der Waals surface area (Å²) in [6, 6.07) is 10.5. The van der Waals surface area contributed by atoms with Gasteiger partial charge in [-0.2, -0.15) is 0 Å². The summed E-state index contributed by atoms with van der Waals surface area (Å²) in [5.74, 6) is -2.90. The lowest BCUT2D eigenvalue weighted by Gasteiger charge is -2.26. The molecule has 0 aromatic carbocycles. The number of carboxylic acid groups (broad SMARTS) is 2. The summed E-state index contributed by atoms with van der Waals surface area (Å²) in [5, 5.41) is 25.8. The van der Waals surface area contributed by atoms with Crippen LogP contribution in [-0.4, -0.2) is 99.9 Å². The summed E-state index contributed by atoms with van der Waals surface area (Å²) >= 11 is 0. The van der Waals surface area contributed by atoms with Gasteiger partial charge in [-0.3, -0.25) is 29.5 Å². The summed E-state index contributed by atoms with van der Waals surface area (Å²) in [6.45, 7) is 11.7. The average Bonchev–Trinajstić information content (AvgIpc) is 3.06. The highest BCUT2D eigenvalue weighted by Gasteiger charge is 2.20. The maximum absolute atomic E-state index is 12.6. The van der Waals surface area contributed by atoms with E-state index in [0.717, 1.165) is 22.4 Å². The highest BCUT2D eigenvalue weighted by Crippen LogP contribution is 2.14. The largest absolute Gasteiger partial charge is 0.543 e. The van der Waals surface area contributed by atoms with E-state index < -0.39 is 11.9 Å². The maximum atomic E-state index is 12.6. The van der Waals surface area contributed by atoms with E-state index in [-0.39, 0.29) is 17.3 Å². The first-order chi connectivity index (χ1) is 21.5. The van der Waals surface area contributed by atoms with Gasteiger partial charge in [0.05, 0.1) is 40.4 Å². The highest BCUT2D eigenvalue weighted by molar-refractivity contribution is 5.92. The number of amides is 1. The monoisotopic (exact) mass is 616 g/mol. The number of carboxylic acids is 2. The molecule has 3 aromatic rings. The minimum Gasteiger partial charge on any atom is -0.543 e. The fourth-order valence-corrected chi connectivity index (χ4v) is 5.41. The molecule has 3 aromatic heterocycles. The highest BCUT2D eigenvalue weighted by atomic mass is 16.4. The fraction of sp³-hybridized carbons (Fsp3) is 0.438. The summed E-state index contributed by atoms with van der Waals surface area (Å²) in [5.41, 5.74) is 10.2. The third kappa shape index (κ3) is 10.1. The number of hydrogen-bond donors (Lipinski definition) is 2. The first-order valence-electron chi connectivity index (χ1n) is 15.0. The molecule has 1 amide bonds. The Bertz CT molecular complexity index is 1450. The van der Waals surface area contributed by atoms with Gasteiger partial charge in [-0.15, -0.1) is 0 Å². The van der Waals surface area contributed by atoms with Gasteiger partial charge in [0.25, 0.3) is 5.91 Å². The topological polar surface area (TPSA) is 184 Å². The Balaban J connectivity index is 1.57. The number of nitrogens with two attached hydrogens (primary N) is 1. The number of aromatic nitrogens is 3. The lowest BCUT2D eigenvalue weighted by molar-refractivity contribution is -0.256. The SMILES string of the molecule is Cc1cc(CN2CCN(Cc3cc(C)cc(C(=O)[O-])n3)CCN(Cc3cc(C)cc(C(=O)NCCN)n3)CC2)nc(C(=O)[O-])c1. The lowest BCUT2D eigenvalue weighted by atomic mass is 10.2. The van der Waals surface area contributed by atoms with Crippen molar-refractivity contribution in [3.8, 4) is 0 Å². The van der Waals surface area contributed by atoms with Crippen LogP contribution in [0.2, 0.25) is 0 Å². The lowest BCUT2D eigenvalue weighted by Crippen LogP contribution is -2.36. The molecule has 0 aliphatic carbocycles. The molecule has 1 aliphatic rings. The number of aryl methyl sites for hydroxylation is 3. The molecule has 4 heterocycles. The first-order valence-corrected chi connectivity index (χ1v) is 15.0. The molecule has 1 aliphatic heterocycles. The van der Waals surface area contributed by atoms with Gasteiger partial charge in [-0.05, 0) is 73.9 Å². The van der Waals surface area contributed by atoms with Gasteiger partial charge in [0, 0.05) is 72.0 Å². The molecule has 13 heteroatoms. The Morgan fingerprint density at radius 1 is 0.644 bits per heavy atom. The molecule has 0 saturated carbocycles. The maximum Gasteiger partial charge on any atom is 0.269 e. The van der Waals surface area contributed by atoms with Crippen molar-refractivity contribution in [2.45, 2.75) is 40.4 Å². The average molecular weight is 617 g/mol. The number of pyridine rings is 3. The van der Waals surface area contributed by atoms with Gasteiger partial charge in [0.15, 0.2) is 0 Å². The Hall–Kier alpha value is -4.30. The zero-order valence-electron chi connectivity index (χ0n) is 26.0. The molecule has 1 fully saturated rings. The molecular formula is C32H40N8O5-2. The van der Waals surface area contributed by atoms with Crippen molar-refractivity contribution in [3.05, 3.63) is 87.3 Å². The van der Waals surface area contributed by atoms with E-state index in [0.29, 0.717) is 89.1 Å². The first kappa shape index (κ1) is 33.6. The Morgan fingerprint density at radius 3 is 1.31 bits per heavy atom. The predicted octanol–water partition coefficient (Wildman–Crippen LogP) is -0.968. The number of hydrogen-bond acceptors (Lipinski definition) is 12. The molecule has 0 bridgehead atoms. The van der Waals surface area contributed by atoms with Gasteiger partial charge in [-0.1, -0.05) is 0 Å². The number of carbonyl (C=O) groups is 3. The van der Waals surface area contributed by atoms with Crippen molar-refractivity contribution in [1.82, 2.24) is 35.0 Å². The van der Waals surface area contributed by atoms with Crippen molar-refractivity contribution >= 4 is 17.8 Å². The second kappa shape index (κ2) is 15.6. The van der Waals surface area contributed by atoms with E-state index >= 15 is 0 Å². The summed E-state index contributed by atoms with van der Waals surface area (Å²) < 4.78 is 0. The van der Waals surface area contributed by atoms with Gasteiger partial charge in [0.2, 0.25) is 0 Å². The molecule has 1 saturated heterocycles. The fourth-order valence-electron chi connectivity index (χ4n) is 5.41. The van der Waals surface area contributed by atoms with Crippen LogP contribution in [0.15, 0.2) is 36.4 Å². The number of nitrogens with zero attached hydrogens (tertiary/aromatic N) is 6. The van der Waals surface area contributed by atoms with Crippen LogP contribution in [-0.2, 0) is 19.6 Å². The van der Waals surface area contributed by atoms with Crippen LogP contribution < -0.4 is 21.3 Å². The van der Waals surface area contributed by atoms with Crippen LogP contribution in [0.3, 0.4) is 0 Å². The van der Waals surface area contributed by atoms with Gasteiger partial charge in [-0.25, -0.2) is 4.98 Å². The van der Waals surface area contributed by atoms with Crippen LogP contribution in [0.5, 0.6) is 0 Å². The summed E-state index contributed by atoms with van der Waals surface area (Å²) in [6.07, 6.45) is 0. The standard InChI is InChI=1S/C32H42N8O5/c1-21-12-24(35-27(15-21)30(41)34-5-4-33)18-38-6-8-39(19-25-13-22(2)16-28(36-25)31(42)43)10-11-40(9-7-38)20-26-14-23(3)17-29(37-26)32(44)45/h12-17H,4-11,18-20,33H2,1-3H3,(H,34,41)(H,42,43)(H,44,45)/p-2. The zero-order chi connectivity index (χ0) is 32.5. The number of nitrogens with one attached hydrogen (secondary N) is 1. The van der Waals surface area contributed by atoms with Crippen LogP contribution >= 0.6 is 0 Å². The van der Waals surface area contributed by atoms with E-state index in [2.05, 4.69) is 35.0 Å². The molecule has 13 nitrogen and oxygen atoms in total. The summed E-state index contributed by atoms with van der Waals surface area (Å²) in [4.78, 5) is 55.6. The summed E-state index contributed by atoms with van der Waals surface area (Å²) in [7, 11) is 0. The van der Waals surface area contributed by atoms with E-state index in [1.807, 2.05) is 39.0 Å². The van der Waals surface area contributed by atoms with E-state index in [9.17, 15) is 24.6 Å². The molecule has 0 atom stereocenters. The normalized spacial score (nSPS) is 15.2.